The first-order chi connectivity index (χ1) is 11.1. The van der Waals surface area contributed by atoms with E-state index in [-0.39, 0.29) is 37.9 Å². The SMILES string of the molecule is O=C(O)[C@@H]1COCCN1C(=O)[C@H]1CC(=O)N(Cc2ccco2)C1. The fraction of sp³-hybridized carbons (Fsp3) is 0.533. The molecule has 0 aliphatic carbocycles. The predicted molar refractivity (Wildman–Crippen MR) is 76.2 cm³/mol. The van der Waals surface area contributed by atoms with E-state index in [1.807, 2.05) is 0 Å². The lowest BCUT2D eigenvalue weighted by molar-refractivity contribution is -0.160. The maximum atomic E-state index is 12.6. The van der Waals surface area contributed by atoms with E-state index in [9.17, 15) is 19.5 Å². The number of carboxylic acid groups (broad SMARTS) is 1. The van der Waals surface area contributed by atoms with Crippen LogP contribution in [-0.2, 0) is 25.7 Å². The van der Waals surface area contributed by atoms with Gasteiger partial charge in [0.05, 0.1) is 31.9 Å². The molecule has 2 aliphatic rings. The zero-order chi connectivity index (χ0) is 16.4. The van der Waals surface area contributed by atoms with Crippen LogP contribution in [0.15, 0.2) is 22.8 Å². The van der Waals surface area contributed by atoms with Gasteiger partial charge in [0.1, 0.15) is 5.76 Å². The number of hydrogen-bond donors (Lipinski definition) is 1. The van der Waals surface area contributed by atoms with Gasteiger partial charge in [-0.2, -0.15) is 0 Å². The first-order valence-electron chi connectivity index (χ1n) is 7.47. The number of ether oxygens (including phenoxy) is 1. The van der Waals surface area contributed by atoms with Crippen LogP contribution < -0.4 is 0 Å². The summed E-state index contributed by atoms with van der Waals surface area (Å²) in [5.74, 6) is -1.37. The first kappa shape index (κ1) is 15.5. The lowest BCUT2D eigenvalue weighted by Crippen LogP contribution is -2.54. The van der Waals surface area contributed by atoms with Crippen LogP contribution in [-0.4, -0.2) is 65.0 Å². The number of nitrogens with zero attached hydrogens (tertiary/aromatic N) is 2. The third kappa shape index (κ3) is 3.21. The molecular formula is C15H18N2O6. The summed E-state index contributed by atoms with van der Waals surface area (Å²) in [5.41, 5.74) is 0. The monoisotopic (exact) mass is 322 g/mol. The zero-order valence-corrected chi connectivity index (χ0v) is 12.5. The molecule has 2 saturated heterocycles. The van der Waals surface area contributed by atoms with Gasteiger partial charge in [-0.15, -0.1) is 0 Å². The Morgan fingerprint density at radius 1 is 1.39 bits per heavy atom. The molecule has 1 aromatic rings. The molecule has 1 N–H and O–H groups in total. The third-order valence-corrected chi connectivity index (χ3v) is 4.19. The van der Waals surface area contributed by atoms with Gasteiger partial charge in [0, 0.05) is 19.5 Å². The molecule has 2 amide bonds. The van der Waals surface area contributed by atoms with Gasteiger partial charge in [0.2, 0.25) is 11.8 Å². The van der Waals surface area contributed by atoms with E-state index < -0.39 is 17.9 Å². The summed E-state index contributed by atoms with van der Waals surface area (Å²) in [5, 5.41) is 9.21. The Labute approximate surface area is 132 Å². The number of hydrogen-bond acceptors (Lipinski definition) is 5. The van der Waals surface area contributed by atoms with Crippen LogP contribution in [0.25, 0.3) is 0 Å². The number of carbonyl (C=O) groups is 3. The van der Waals surface area contributed by atoms with Crippen LogP contribution in [0.4, 0.5) is 0 Å². The third-order valence-electron chi connectivity index (χ3n) is 4.19. The van der Waals surface area contributed by atoms with Gasteiger partial charge in [0.25, 0.3) is 0 Å². The molecule has 0 radical (unpaired) electrons. The summed E-state index contributed by atoms with van der Waals surface area (Å²) < 4.78 is 10.4. The Kier molecular flexibility index (Phi) is 4.33. The largest absolute Gasteiger partial charge is 0.480 e. The zero-order valence-electron chi connectivity index (χ0n) is 12.5. The lowest BCUT2D eigenvalue weighted by atomic mass is 10.1. The van der Waals surface area contributed by atoms with Crippen LogP contribution in [0.2, 0.25) is 0 Å². The Morgan fingerprint density at radius 2 is 2.22 bits per heavy atom. The minimum atomic E-state index is -1.09. The van der Waals surface area contributed by atoms with Gasteiger partial charge in [-0.1, -0.05) is 0 Å². The van der Waals surface area contributed by atoms with Crippen LogP contribution in [0, 0.1) is 5.92 Å². The average Bonchev–Trinajstić information content (AvgIpc) is 3.17. The number of rotatable bonds is 4. The highest BCUT2D eigenvalue weighted by atomic mass is 16.5. The molecule has 23 heavy (non-hydrogen) atoms. The Bertz CT molecular complexity index is 599. The van der Waals surface area contributed by atoms with Crippen molar-refractivity contribution in [3.05, 3.63) is 24.2 Å². The highest BCUT2D eigenvalue weighted by Gasteiger charge is 2.41. The van der Waals surface area contributed by atoms with Crippen molar-refractivity contribution in [2.45, 2.75) is 19.0 Å². The molecule has 1 aromatic heterocycles. The maximum absolute atomic E-state index is 12.6. The fourth-order valence-corrected chi connectivity index (χ4v) is 2.99. The molecule has 0 aromatic carbocycles. The van der Waals surface area contributed by atoms with Crippen molar-refractivity contribution in [2.24, 2.45) is 5.92 Å². The Balaban J connectivity index is 1.66. The molecule has 2 atom stereocenters. The quantitative estimate of drug-likeness (QED) is 0.833. The molecule has 0 unspecified atom stereocenters. The minimum Gasteiger partial charge on any atom is -0.480 e. The molecule has 3 heterocycles. The van der Waals surface area contributed by atoms with Crippen LogP contribution >= 0.6 is 0 Å². The molecule has 0 bridgehead atoms. The number of morpholine rings is 1. The second-order valence-electron chi connectivity index (χ2n) is 5.72. The number of aliphatic carboxylic acids is 1. The van der Waals surface area contributed by atoms with Crippen LogP contribution in [0.5, 0.6) is 0 Å². The summed E-state index contributed by atoms with van der Waals surface area (Å²) in [6, 6.07) is 2.53. The molecule has 3 rings (SSSR count). The van der Waals surface area contributed by atoms with E-state index in [0.717, 1.165) is 0 Å². The van der Waals surface area contributed by atoms with Crippen molar-refractivity contribution in [2.75, 3.05) is 26.3 Å². The maximum Gasteiger partial charge on any atom is 0.328 e. The minimum absolute atomic E-state index is 0.0160. The number of carboxylic acids is 1. The summed E-state index contributed by atoms with van der Waals surface area (Å²) in [7, 11) is 0. The van der Waals surface area contributed by atoms with E-state index in [1.54, 1.807) is 17.0 Å². The molecule has 8 heteroatoms. The van der Waals surface area contributed by atoms with Gasteiger partial charge in [0.15, 0.2) is 6.04 Å². The number of furan rings is 1. The smallest absolute Gasteiger partial charge is 0.328 e. The van der Waals surface area contributed by atoms with Gasteiger partial charge in [-0.25, -0.2) is 4.79 Å². The van der Waals surface area contributed by atoms with Gasteiger partial charge in [-0.3, -0.25) is 9.59 Å². The van der Waals surface area contributed by atoms with Crippen molar-refractivity contribution in [3.63, 3.8) is 0 Å². The van der Waals surface area contributed by atoms with E-state index >= 15 is 0 Å². The van der Waals surface area contributed by atoms with E-state index in [1.165, 1.54) is 11.2 Å². The second-order valence-corrected chi connectivity index (χ2v) is 5.72. The number of likely N-dealkylation sites (tertiary alicyclic amines) is 1. The molecule has 2 fully saturated rings. The standard InChI is InChI=1S/C15H18N2O6/c18-13-6-10(7-16(13)8-11-2-1-4-23-11)14(19)17-3-5-22-9-12(17)15(20)21/h1-2,4,10,12H,3,5-9H2,(H,20,21)/t10-,12-/m0/s1. The van der Waals surface area contributed by atoms with Crippen molar-refractivity contribution in [1.29, 1.82) is 0 Å². The Hall–Kier alpha value is -2.35. The molecule has 2 aliphatic heterocycles. The molecule has 0 spiro atoms. The summed E-state index contributed by atoms with van der Waals surface area (Å²) in [4.78, 5) is 38.8. The van der Waals surface area contributed by atoms with Crippen molar-refractivity contribution < 1.29 is 28.6 Å². The van der Waals surface area contributed by atoms with Crippen molar-refractivity contribution in [3.8, 4) is 0 Å². The average molecular weight is 322 g/mol. The molecule has 124 valence electrons. The summed E-state index contributed by atoms with van der Waals surface area (Å²) >= 11 is 0. The second kappa shape index (κ2) is 6.41. The van der Waals surface area contributed by atoms with Gasteiger partial charge in [-0.05, 0) is 12.1 Å². The lowest BCUT2D eigenvalue weighted by Gasteiger charge is -2.34. The summed E-state index contributed by atoms with van der Waals surface area (Å²) in [6.45, 7) is 1.13. The van der Waals surface area contributed by atoms with E-state index in [2.05, 4.69) is 0 Å². The number of amides is 2. The van der Waals surface area contributed by atoms with Gasteiger partial charge < -0.3 is 24.1 Å². The summed E-state index contributed by atoms with van der Waals surface area (Å²) in [6.07, 6.45) is 1.63. The topological polar surface area (TPSA) is 100 Å². The van der Waals surface area contributed by atoms with E-state index in [4.69, 9.17) is 9.15 Å². The molecular weight excluding hydrogens is 304 g/mol. The van der Waals surface area contributed by atoms with Crippen molar-refractivity contribution in [1.82, 2.24) is 9.80 Å². The molecule has 0 saturated carbocycles. The highest BCUT2D eigenvalue weighted by Crippen LogP contribution is 2.24. The first-order valence-corrected chi connectivity index (χ1v) is 7.47. The molecule has 8 nitrogen and oxygen atoms in total. The van der Waals surface area contributed by atoms with E-state index in [0.29, 0.717) is 18.9 Å². The predicted octanol–water partition coefficient (Wildman–Crippen LogP) is -0.0599. The van der Waals surface area contributed by atoms with Crippen LogP contribution in [0.3, 0.4) is 0 Å². The normalized spacial score (nSPS) is 25.0. The number of carbonyl (C=O) groups excluding carboxylic acids is 2. The highest BCUT2D eigenvalue weighted by molar-refractivity contribution is 5.91. The fourth-order valence-electron chi connectivity index (χ4n) is 2.99. The van der Waals surface area contributed by atoms with Gasteiger partial charge >= 0.3 is 5.97 Å². The Morgan fingerprint density at radius 3 is 2.91 bits per heavy atom. The van der Waals surface area contributed by atoms with Crippen molar-refractivity contribution >= 4 is 17.8 Å². The van der Waals surface area contributed by atoms with Crippen LogP contribution in [0.1, 0.15) is 12.2 Å².